The lowest BCUT2D eigenvalue weighted by molar-refractivity contribution is 0.581. The van der Waals surface area contributed by atoms with Crippen LogP contribution in [-0.4, -0.2) is 21.1 Å². The van der Waals surface area contributed by atoms with Gasteiger partial charge in [0.1, 0.15) is 11.9 Å². The predicted molar refractivity (Wildman–Crippen MR) is 65.6 cm³/mol. The second-order valence-corrected chi connectivity index (χ2v) is 4.58. The minimum atomic E-state index is 0.150. The van der Waals surface area contributed by atoms with Gasteiger partial charge in [0.15, 0.2) is 0 Å². The number of imidazole rings is 1. The van der Waals surface area contributed by atoms with Crippen LogP contribution >= 0.6 is 11.3 Å². The Balaban J connectivity index is 2.39. The average molecular weight is 236 g/mol. The summed E-state index contributed by atoms with van der Waals surface area (Å²) in [6.45, 7) is 5.06. The van der Waals surface area contributed by atoms with E-state index < -0.39 is 0 Å². The van der Waals surface area contributed by atoms with Crippen molar-refractivity contribution in [2.45, 2.75) is 19.9 Å². The van der Waals surface area contributed by atoms with Crippen molar-refractivity contribution in [1.82, 2.24) is 19.9 Å². The molecular weight excluding hydrogens is 220 g/mol. The van der Waals surface area contributed by atoms with Gasteiger partial charge in [-0.15, -0.1) is 11.3 Å². The number of hydrogen-bond acceptors (Lipinski definition) is 4. The normalized spacial score (nSPS) is 12.9. The number of nitrogens with zero attached hydrogens (tertiary/aromatic N) is 3. The lowest BCUT2D eigenvalue weighted by Crippen LogP contribution is -2.24. The molecule has 0 spiro atoms. The highest BCUT2D eigenvalue weighted by Gasteiger charge is 2.20. The third-order valence-electron chi connectivity index (χ3n) is 2.57. The monoisotopic (exact) mass is 236 g/mol. The molecule has 0 aliphatic heterocycles. The zero-order chi connectivity index (χ0) is 11.5. The average Bonchev–Trinajstić information content (AvgIpc) is 2.84. The number of thiazole rings is 1. The summed E-state index contributed by atoms with van der Waals surface area (Å²) >= 11 is 1.68. The van der Waals surface area contributed by atoms with Gasteiger partial charge in [0.05, 0.1) is 16.1 Å². The van der Waals surface area contributed by atoms with Crippen molar-refractivity contribution in [2.75, 3.05) is 6.54 Å². The minimum absolute atomic E-state index is 0.150. The van der Waals surface area contributed by atoms with Crippen molar-refractivity contribution in [3.8, 4) is 0 Å². The highest BCUT2D eigenvalue weighted by Crippen LogP contribution is 2.26. The van der Waals surface area contributed by atoms with Gasteiger partial charge in [-0.05, 0) is 13.5 Å². The van der Waals surface area contributed by atoms with Gasteiger partial charge in [-0.2, -0.15) is 0 Å². The number of aryl methyl sites for hydroxylation is 2. The van der Waals surface area contributed by atoms with E-state index >= 15 is 0 Å². The molecule has 2 aromatic heterocycles. The molecule has 0 radical (unpaired) electrons. The van der Waals surface area contributed by atoms with Crippen molar-refractivity contribution in [3.63, 3.8) is 0 Å². The fourth-order valence-corrected chi connectivity index (χ4v) is 2.62. The molecule has 2 rings (SSSR count). The molecule has 0 aliphatic carbocycles. The Labute approximate surface area is 99.4 Å². The van der Waals surface area contributed by atoms with Gasteiger partial charge in [0.25, 0.3) is 0 Å². The van der Waals surface area contributed by atoms with E-state index in [-0.39, 0.29) is 6.04 Å². The largest absolute Gasteiger partial charge is 0.336 e. The summed E-state index contributed by atoms with van der Waals surface area (Å²) in [5, 5.41) is 3.46. The molecule has 16 heavy (non-hydrogen) atoms. The molecule has 4 nitrogen and oxygen atoms in total. The van der Waals surface area contributed by atoms with E-state index in [0.29, 0.717) is 0 Å². The van der Waals surface area contributed by atoms with Crippen molar-refractivity contribution in [2.24, 2.45) is 7.05 Å². The van der Waals surface area contributed by atoms with E-state index in [1.54, 1.807) is 11.3 Å². The third-order valence-corrected chi connectivity index (χ3v) is 3.57. The highest BCUT2D eigenvalue weighted by molar-refractivity contribution is 7.09. The van der Waals surface area contributed by atoms with E-state index in [9.17, 15) is 0 Å². The number of hydrogen-bond donors (Lipinski definition) is 1. The van der Waals surface area contributed by atoms with Crippen molar-refractivity contribution in [3.05, 3.63) is 34.3 Å². The lowest BCUT2D eigenvalue weighted by atomic mass is 10.2. The van der Waals surface area contributed by atoms with Crippen LogP contribution in [-0.2, 0) is 7.05 Å². The smallest absolute Gasteiger partial charge is 0.131 e. The summed E-state index contributed by atoms with van der Waals surface area (Å²) in [6, 6.07) is 0.150. The summed E-state index contributed by atoms with van der Waals surface area (Å²) in [4.78, 5) is 9.96. The predicted octanol–water partition coefficient (Wildman–Crippen LogP) is 1.88. The van der Waals surface area contributed by atoms with Crippen molar-refractivity contribution in [1.29, 1.82) is 0 Å². The SMILES string of the molecule is CCNC(c1scnc1C)c1nccn1C. The maximum Gasteiger partial charge on any atom is 0.131 e. The highest BCUT2D eigenvalue weighted by atomic mass is 32.1. The van der Waals surface area contributed by atoms with Gasteiger partial charge in [-0.25, -0.2) is 9.97 Å². The van der Waals surface area contributed by atoms with Gasteiger partial charge in [0, 0.05) is 19.4 Å². The lowest BCUT2D eigenvalue weighted by Gasteiger charge is -2.16. The van der Waals surface area contributed by atoms with Crippen LogP contribution < -0.4 is 5.32 Å². The molecular formula is C11H16N4S. The van der Waals surface area contributed by atoms with Crippen LogP contribution in [0.4, 0.5) is 0 Å². The molecule has 5 heteroatoms. The zero-order valence-corrected chi connectivity index (χ0v) is 10.6. The molecule has 0 aromatic carbocycles. The minimum Gasteiger partial charge on any atom is -0.336 e. The molecule has 2 heterocycles. The van der Waals surface area contributed by atoms with Crippen LogP contribution in [0.3, 0.4) is 0 Å². The van der Waals surface area contributed by atoms with Gasteiger partial charge in [-0.1, -0.05) is 6.92 Å². The van der Waals surface area contributed by atoms with E-state index in [2.05, 4.69) is 22.2 Å². The molecule has 2 aromatic rings. The summed E-state index contributed by atoms with van der Waals surface area (Å²) in [6.07, 6.45) is 3.80. The van der Waals surface area contributed by atoms with Crippen LogP contribution in [0.5, 0.6) is 0 Å². The van der Waals surface area contributed by atoms with Gasteiger partial charge in [0.2, 0.25) is 0 Å². The van der Waals surface area contributed by atoms with Crippen LogP contribution in [0, 0.1) is 6.92 Å². The Bertz CT molecular complexity index is 420. The maximum absolute atomic E-state index is 4.41. The molecule has 1 atom stereocenters. The molecule has 0 aliphatic rings. The number of rotatable bonds is 4. The number of nitrogens with one attached hydrogen (secondary N) is 1. The molecule has 0 bridgehead atoms. The van der Waals surface area contributed by atoms with E-state index in [1.165, 1.54) is 4.88 Å². The van der Waals surface area contributed by atoms with Crippen LogP contribution in [0.15, 0.2) is 17.9 Å². The summed E-state index contributed by atoms with van der Waals surface area (Å²) in [5.74, 6) is 1.04. The topological polar surface area (TPSA) is 42.7 Å². The second-order valence-electron chi connectivity index (χ2n) is 3.69. The first kappa shape index (κ1) is 11.3. The Hall–Kier alpha value is -1.20. The van der Waals surface area contributed by atoms with Gasteiger partial charge in [-0.3, -0.25) is 0 Å². The Morgan fingerprint density at radius 2 is 2.31 bits per heavy atom. The summed E-state index contributed by atoms with van der Waals surface area (Å²) < 4.78 is 2.05. The first-order chi connectivity index (χ1) is 7.74. The molecule has 0 saturated heterocycles. The van der Waals surface area contributed by atoms with Gasteiger partial charge >= 0.3 is 0 Å². The van der Waals surface area contributed by atoms with E-state index in [4.69, 9.17) is 0 Å². The van der Waals surface area contributed by atoms with Crippen LogP contribution in [0.2, 0.25) is 0 Å². The molecule has 1 N–H and O–H groups in total. The fourth-order valence-electron chi connectivity index (χ4n) is 1.75. The first-order valence-electron chi connectivity index (χ1n) is 5.34. The Morgan fingerprint density at radius 3 is 2.81 bits per heavy atom. The molecule has 86 valence electrons. The fraction of sp³-hybridized carbons (Fsp3) is 0.455. The van der Waals surface area contributed by atoms with E-state index in [0.717, 1.165) is 18.1 Å². The Kier molecular flexibility index (Phi) is 3.36. The maximum atomic E-state index is 4.41. The summed E-state index contributed by atoms with van der Waals surface area (Å²) in [7, 11) is 2.02. The molecule has 1 unspecified atom stereocenters. The number of aromatic nitrogens is 3. The molecule has 0 fully saturated rings. The van der Waals surface area contributed by atoms with E-state index in [1.807, 2.05) is 36.4 Å². The first-order valence-corrected chi connectivity index (χ1v) is 6.22. The van der Waals surface area contributed by atoms with Crippen LogP contribution in [0.25, 0.3) is 0 Å². The van der Waals surface area contributed by atoms with Crippen LogP contribution in [0.1, 0.15) is 29.4 Å². The third kappa shape index (κ3) is 2.01. The van der Waals surface area contributed by atoms with Crippen molar-refractivity contribution >= 4 is 11.3 Å². The molecule has 0 amide bonds. The quantitative estimate of drug-likeness (QED) is 0.881. The second kappa shape index (κ2) is 4.76. The summed E-state index contributed by atoms with van der Waals surface area (Å²) in [5.41, 5.74) is 2.97. The zero-order valence-electron chi connectivity index (χ0n) is 9.77. The van der Waals surface area contributed by atoms with Gasteiger partial charge < -0.3 is 9.88 Å². The molecule has 0 saturated carbocycles. The standard InChI is InChI=1S/C11H16N4S/c1-4-12-9(10-8(2)14-7-16-10)11-13-5-6-15(11)3/h5-7,9,12H,4H2,1-3H3. The van der Waals surface area contributed by atoms with Crippen molar-refractivity contribution < 1.29 is 0 Å². The Morgan fingerprint density at radius 1 is 1.50 bits per heavy atom.